The molecule has 0 fully saturated rings. The van der Waals surface area contributed by atoms with Crippen molar-refractivity contribution in [3.8, 4) is 11.3 Å². The minimum atomic E-state index is -3.60. The first-order valence-electron chi connectivity index (χ1n) is 6.93. The summed E-state index contributed by atoms with van der Waals surface area (Å²) in [5, 5.41) is 0.413. The molecule has 2 heterocycles. The van der Waals surface area contributed by atoms with Gasteiger partial charge in [0, 0.05) is 21.1 Å². The highest BCUT2D eigenvalue weighted by Crippen LogP contribution is 2.44. The molecule has 0 atom stereocenters. The summed E-state index contributed by atoms with van der Waals surface area (Å²) in [5.74, 6) is 0.817. The van der Waals surface area contributed by atoms with Gasteiger partial charge in [-0.15, -0.1) is 11.8 Å². The van der Waals surface area contributed by atoms with Gasteiger partial charge in [-0.05, 0) is 18.2 Å². The van der Waals surface area contributed by atoms with Crippen molar-refractivity contribution in [3.05, 3.63) is 59.5 Å². The van der Waals surface area contributed by atoms with Crippen molar-refractivity contribution in [2.45, 2.75) is 15.5 Å². The van der Waals surface area contributed by atoms with Gasteiger partial charge in [-0.2, -0.15) is 0 Å². The molecule has 0 radical (unpaired) electrons. The molecule has 0 spiro atoms. The Hall–Kier alpha value is -1.83. The Balaban J connectivity index is 1.70. The van der Waals surface area contributed by atoms with Gasteiger partial charge in [-0.1, -0.05) is 47.7 Å². The number of hydrogen-bond donors (Lipinski definition) is 1. The van der Waals surface area contributed by atoms with E-state index in [1.807, 2.05) is 18.2 Å². The number of hydrogen-bond acceptors (Lipinski definition) is 5. The monoisotopic (exact) mass is 360 g/mol. The summed E-state index contributed by atoms with van der Waals surface area (Å²) in [6, 6.07) is 16.4. The van der Waals surface area contributed by atoms with Crippen LogP contribution in [0.25, 0.3) is 11.3 Å². The molecular weight excluding hydrogens is 348 g/mol. The van der Waals surface area contributed by atoms with Crippen LogP contribution in [0.1, 0.15) is 4.88 Å². The van der Waals surface area contributed by atoms with E-state index in [2.05, 4.69) is 15.8 Å². The number of rotatable bonds is 3. The van der Waals surface area contributed by atoms with Crippen LogP contribution in [0.2, 0.25) is 0 Å². The van der Waals surface area contributed by atoms with Gasteiger partial charge < -0.3 is 0 Å². The van der Waals surface area contributed by atoms with E-state index in [1.165, 1.54) is 16.2 Å². The van der Waals surface area contributed by atoms with Gasteiger partial charge in [-0.3, -0.25) is 4.72 Å². The van der Waals surface area contributed by atoms with E-state index in [9.17, 15) is 8.42 Å². The van der Waals surface area contributed by atoms with Gasteiger partial charge in [0.2, 0.25) is 0 Å². The molecule has 4 rings (SSSR count). The predicted octanol–water partition coefficient (Wildman–Crippen LogP) is 4.22. The second-order valence-corrected chi connectivity index (χ2v) is 8.78. The summed E-state index contributed by atoms with van der Waals surface area (Å²) in [5.41, 5.74) is 1.95. The number of aromatic nitrogens is 1. The van der Waals surface area contributed by atoms with E-state index in [4.69, 9.17) is 0 Å². The number of anilines is 1. The average molecular weight is 360 g/mol. The highest BCUT2D eigenvalue weighted by atomic mass is 32.2. The summed E-state index contributed by atoms with van der Waals surface area (Å²) < 4.78 is 27.4. The van der Waals surface area contributed by atoms with Crippen LogP contribution in [0, 0.1) is 0 Å². The summed E-state index contributed by atoms with van der Waals surface area (Å²) in [6.07, 6.45) is 0. The van der Waals surface area contributed by atoms with Gasteiger partial charge in [0.1, 0.15) is 0 Å². The zero-order chi connectivity index (χ0) is 15.9. The van der Waals surface area contributed by atoms with E-state index in [0.29, 0.717) is 5.13 Å². The standard InChI is InChI=1S/C16H12N2O2S3/c19-23(20,11-6-2-1-3-7-11)18-16-17-15-12-8-4-5-9-13(12)21-10-14(15)22-16/h1-9H,10H2,(H,17,18). The van der Waals surface area contributed by atoms with Crippen molar-refractivity contribution in [1.82, 2.24) is 4.98 Å². The molecule has 1 N–H and O–H groups in total. The lowest BCUT2D eigenvalue weighted by atomic mass is 10.1. The third-order valence-electron chi connectivity index (χ3n) is 3.47. The first kappa shape index (κ1) is 14.7. The first-order chi connectivity index (χ1) is 11.1. The van der Waals surface area contributed by atoms with Crippen LogP contribution in [-0.4, -0.2) is 13.4 Å². The number of sulfonamides is 1. The zero-order valence-electron chi connectivity index (χ0n) is 11.9. The Morgan fingerprint density at radius 2 is 1.74 bits per heavy atom. The molecule has 23 heavy (non-hydrogen) atoms. The smallest absolute Gasteiger partial charge is 0.255 e. The van der Waals surface area contributed by atoms with Crippen LogP contribution in [0.5, 0.6) is 0 Å². The highest BCUT2D eigenvalue weighted by Gasteiger charge is 2.23. The molecule has 0 aliphatic carbocycles. The third-order valence-corrected chi connectivity index (χ3v) is 7.21. The van der Waals surface area contributed by atoms with Gasteiger partial charge in [0.25, 0.3) is 10.0 Å². The molecule has 116 valence electrons. The fourth-order valence-corrected chi connectivity index (χ4v) is 5.77. The molecule has 1 aliphatic heterocycles. The Morgan fingerprint density at radius 1 is 1.00 bits per heavy atom. The number of nitrogens with one attached hydrogen (secondary N) is 1. The number of thioether (sulfide) groups is 1. The first-order valence-corrected chi connectivity index (χ1v) is 10.2. The minimum Gasteiger partial charge on any atom is -0.255 e. The van der Waals surface area contributed by atoms with Gasteiger partial charge in [0.05, 0.1) is 10.6 Å². The lowest BCUT2D eigenvalue weighted by Gasteiger charge is -2.13. The Labute approximate surface area is 142 Å². The van der Waals surface area contributed by atoms with Gasteiger partial charge in [0.15, 0.2) is 5.13 Å². The second kappa shape index (κ2) is 5.67. The quantitative estimate of drug-likeness (QED) is 0.760. The van der Waals surface area contributed by atoms with Gasteiger partial charge >= 0.3 is 0 Å². The van der Waals surface area contributed by atoms with Crippen LogP contribution in [-0.2, 0) is 15.8 Å². The minimum absolute atomic E-state index is 0.239. The normalized spacial score (nSPS) is 13.2. The van der Waals surface area contributed by atoms with Crippen LogP contribution in [0.3, 0.4) is 0 Å². The summed E-state index contributed by atoms with van der Waals surface area (Å²) in [4.78, 5) is 7.04. The van der Waals surface area contributed by atoms with Crippen molar-refractivity contribution in [1.29, 1.82) is 0 Å². The maximum absolute atomic E-state index is 12.4. The van der Waals surface area contributed by atoms with Crippen LogP contribution in [0.15, 0.2) is 64.4 Å². The lowest BCUT2D eigenvalue weighted by Crippen LogP contribution is -2.12. The number of nitrogens with zero attached hydrogens (tertiary/aromatic N) is 1. The predicted molar refractivity (Wildman–Crippen MR) is 94.4 cm³/mol. The molecule has 7 heteroatoms. The van der Waals surface area contributed by atoms with Crippen LogP contribution in [0.4, 0.5) is 5.13 Å². The number of benzene rings is 2. The van der Waals surface area contributed by atoms with Gasteiger partial charge in [-0.25, -0.2) is 13.4 Å². The number of thiazole rings is 1. The van der Waals surface area contributed by atoms with E-state index < -0.39 is 10.0 Å². The largest absolute Gasteiger partial charge is 0.263 e. The Morgan fingerprint density at radius 3 is 2.57 bits per heavy atom. The third kappa shape index (κ3) is 2.75. The van der Waals surface area contributed by atoms with Crippen molar-refractivity contribution >= 4 is 38.3 Å². The fourth-order valence-electron chi connectivity index (χ4n) is 2.41. The summed E-state index contributed by atoms with van der Waals surface area (Å²) in [7, 11) is -3.60. The molecule has 0 bridgehead atoms. The van der Waals surface area contributed by atoms with E-state index in [0.717, 1.165) is 21.9 Å². The topological polar surface area (TPSA) is 59.1 Å². The average Bonchev–Trinajstić information content (AvgIpc) is 2.98. The van der Waals surface area contributed by atoms with Crippen LogP contribution < -0.4 is 4.72 Å². The van der Waals surface area contributed by atoms with Crippen molar-refractivity contribution in [2.75, 3.05) is 4.72 Å². The number of fused-ring (bicyclic) bond motifs is 3. The summed E-state index contributed by atoms with van der Waals surface area (Å²) in [6.45, 7) is 0. The SMILES string of the molecule is O=S(=O)(Nc1nc2c(s1)CSc1ccccc1-2)c1ccccc1. The lowest BCUT2D eigenvalue weighted by molar-refractivity contribution is 0.601. The second-order valence-electron chi connectivity index (χ2n) is 4.99. The van der Waals surface area contributed by atoms with Crippen molar-refractivity contribution < 1.29 is 8.42 Å². The van der Waals surface area contributed by atoms with E-state index >= 15 is 0 Å². The molecule has 0 unspecified atom stereocenters. The Bertz CT molecular complexity index is 966. The summed E-state index contributed by atoms with van der Waals surface area (Å²) >= 11 is 3.15. The molecule has 4 nitrogen and oxygen atoms in total. The highest BCUT2D eigenvalue weighted by molar-refractivity contribution is 7.99. The fraction of sp³-hybridized carbons (Fsp3) is 0.0625. The molecule has 0 saturated heterocycles. The van der Waals surface area contributed by atoms with Crippen LogP contribution >= 0.6 is 23.1 Å². The maximum atomic E-state index is 12.4. The van der Waals surface area contributed by atoms with Crippen molar-refractivity contribution in [3.63, 3.8) is 0 Å². The molecular formula is C16H12N2O2S3. The molecule has 1 aliphatic rings. The van der Waals surface area contributed by atoms with E-state index in [1.54, 1.807) is 42.1 Å². The molecule has 3 aromatic rings. The van der Waals surface area contributed by atoms with Crippen molar-refractivity contribution in [2.24, 2.45) is 0 Å². The molecule has 1 aromatic heterocycles. The molecule has 0 amide bonds. The zero-order valence-corrected chi connectivity index (χ0v) is 14.3. The maximum Gasteiger partial charge on any atom is 0.263 e. The Kier molecular flexibility index (Phi) is 3.63. The molecule has 0 saturated carbocycles. The molecule has 2 aromatic carbocycles. The van der Waals surface area contributed by atoms with E-state index in [-0.39, 0.29) is 4.90 Å².